The molecule has 0 spiro atoms. The number of aromatic nitrogens is 1. The number of rotatable bonds is 7. The number of hydrogen-bond donors (Lipinski definition) is 2. The highest BCUT2D eigenvalue weighted by Gasteiger charge is 2.27. The van der Waals surface area contributed by atoms with Gasteiger partial charge in [-0.3, -0.25) is 4.72 Å². The zero-order valence-corrected chi connectivity index (χ0v) is 18.3. The minimum atomic E-state index is -4.06. The quantitative estimate of drug-likeness (QED) is 0.516. The Morgan fingerprint density at radius 1 is 1.09 bits per heavy atom. The molecule has 2 aromatic carbocycles. The molecule has 166 valence electrons. The Morgan fingerprint density at radius 2 is 1.75 bits per heavy atom. The maximum absolute atomic E-state index is 13.0. The Labute approximate surface area is 184 Å². The largest absolute Gasteiger partial charge is 0.495 e. The van der Waals surface area contributed by atoms with Crippen LogP contribution < -0.4 is 19.9 Å². The summed E-state index contributed by atoms with van der Waals surface area (Å²) < 4.78 is 45.3. The van der Waals surface area contributed by atoms with Crippen molar-refractivity contribution in [3.8, 4) is 23.3 Å². The average molecular weight is 456 g/mol. The second kappa shape index (κ2) is 8.91. The van der Waals surface area contributed by atoms with E-state index in [0.717, 1.165) is 0 Å². The normalized spacial score (nSPS) is 10.8. The van der Waals surface area contributed by atoms with Gasteiger partial charge in [-0.2, -0.15) is 5.26 Å². The average Bonchev–Trinajstić information content (AvgIpc) is 3.13. The summed E-state index contributed by atoms with van der Waals surface area (Å²) in [6.07, 6.45) is 1.33. The third-order valence-corrected chi connectivity index (χ3v) is 5.99. The van der Waals surface area contributed by atoms with Crippen LogP contribution in [-0.2, 0) is 14.8 Å². The van der Waals surface area contributed by atoms with Crippen LogP contribution in [0.4, 0.5) is 11.4 Å². The number of para-hydroxylation sites is 1. The van der Waals surface area contributed by atoms with E-state index in [1.165, 1.54) is 44.2 Å². The molecule has 0 aliphatic carbocycles. The number of nitrogens with one attached hydrogen (secondary N) is 1. The fourth-order valence-corrected chi connectivity index (χ4v) is 4.30. The van der Waals surface area contributed by atoms with Gasteiger partial charge in [0.05, 0.1) is 38.3 Å². The van der Waals surface area contributed by atoms with Gasteiger partial charge in [0.1, 0.15) is 22.5 Å². The van der Waals surface area contributed by atoms with Crippen LogP contribution in [0.1, 0.15) is 16.1 Å². The molecule has 0 atom stereocenters. The lowest BCUT2D eigenvalue weighted by atomic mass is 10.2. The lowest BCUT2D eigenvalue weighted by molar-refractivity contribution is 0.0593. The Bertz CT molecular complexity index is 1310. The highest BCUT2D eigenvalue weighted by molar-refractivity contribution is 7.92. The Morgan fingerprint density at radius 3 is 2.31 bits per heavy atom. The third kappa shape index (κ3) is 4.03. The zero-order valence-electron chi connectivity index (χ0n) is 17.4. The molecule has 0 fully saturated rings. The molecule has 0 bridgehead atoms. The molecule has 0 saturated heterocycles. The molecule has 0 aliphatic rings. The monoisotopic (exact) mass is 456 g/mol. The Kier molecular flexibility index (Phi) is 6.27. The summed E-state index contributed by atoms with van der Waals surface area (Å²) in [7, 11) is -0.245. The number of sulfonamides is 1. The first-order chi connectivity index (χ1) is 15.3. The summed E-state index contributed by atoms with van der Waals surface area (Å²) in [6.45, 7) is 0. The Hall–Kier alpha value is -4.17. The van der Waals surface area contributed by atoms with E-state index in [1.54, 1.807) is 30.3 Å². The van der Waals surface area contributed by atoms with Gasteiger partial charge >= 0.3 is 5.97 Å². The van der Waals surface area contributed by atoms with Crippen LogP contribution in [0.5, 0.6) is 11.5 Å². The van der Waals surface area contributed by atoms with Crippen molar-refractivity contribution in [2.75, 3.05) is 31.8 Å². The molecular formula is C21H20N4O6S. The first kappa shape index (κ1) is 22.5. The minimum Gasteiger partial charge on any atom is -0.495 e. The molecular weight excluding hydrogens is 436 g/mol. The molecule has 3 rings (SSSR count). The first-order valence-electron chi connectivity index (χ1n) is 9.10. The summed E-state index contributed by atoms with van der Waals surface area (Å²) in [5.74, 6) is -0.720. The number of ether oxygens (including phenoxy) is 3. The molecule has 0 radical (unpaired) electrons. The molecule has 11 heteroatoms. The van der Waals surface area contributed by atoms with Crippen molar-refractivity contribution in [3.63, 3.8) is 0 Å². The number of carbonyl (C=O) groups is 1. The van der Waals surface area contributed by atoms with E-state index in [2.05, 4.69) is 4.72 Å². The van der Waals surface area contributed by atoms with Gasteiger partial charge in [-0.1, -0.05) is 18.2 Å². The minimum absolute atomic E-state index is 0.0224. The highest BCUT2D eigenvalue weighted by atomic mass is 32.2. The highest BCUT2D eigenvalue weighted by Crippen LogP contribution is 2.37. The van der Waals surface area contributed by atoms with Crippen molar-refractivity contribution in [1.82, 2.24) is 4.57 Å². The van der Waals surface area contributed by atoms with E-state index in [9.17, 15) is 18.5 Å². The van der Waals surface area contributed by atoms with Crippen LogP contribution in [0.3, 0.4) is 0 Å². The number of esters is 1. The molecule has 10 nitrogen and oxygen atoms in total. The molecule has 0 unspecified atom stereocenters. The van der Waals surface area contributed by atoms with Crippen LogP contribution in [0.25, 0.3) is 5.69 Å². The van der Waals surface area contributed by atoms with Crippen LogP contribution >= 0.6 is 0 Å². The Balaban J connectivity index is 2.22. The number of hydrogen-bond acceptors (Lipinski definition) is 8. The van der Waals surface area contributed by atoms with Gasteiger partial charge in [-0.05, 0) is 12.1 Å². The van der Waals surface area contributed by atoms with E-state index >= 15 is 0 Å². The topological polar surface area (TPSA) is 146 Å². The number of anilines is 2. The van der Waals surface area contributed by atoms with Crippen LogP contribution in [0, 0.1) is 11.3 Å². The van der Waals surface area contributed by atoms with Gasteiger partial charge in [-0.15, -0.1) is 0 Å². The molecule has 1 heterocycles. The summed E-state index contributed by atoms with van der Waals surface area (Å²) in [6, 6.07) is 12.9. The number of nitrogen functional groups attached to an aromatic ring is 1. The maximum atomic E-state index is 13.0. The number of nitriles is 1. The maximum Gasteiger partial charge on any atom is 0.357 e. The fourth-order valence-electron chi connectivity index (χ4n) is 3.07. The lowest BCUT2D eigenvalue weighted by Gasteiger charge is -2.17. The standard InChI is InChI=1S/C21H20N4O6S/c1-29-16-10-18(32(27,28)24-14-7-5-4-6-8-14)17(30-2)9-15(16)25-12-13(11-22)19(23)20(25)21(26)31-3/h4-10,12,24H,23H2,1-3H3. The van der Waals surface area contributed by atoms with E-state index in [4.69, 9.17) is 19.9 Å². The van der Waals surface area contributed by atoms with E-state index in [-0.39, 0.29) is 39.0 Å². The zero-order chi connectivity index (χ0) is 23.5. The van der Waals surface area contributed by atoms with E-state index in [0.29, 0.717) is 5.69 Å². The molecule has 3 aromatic rings. The molecule has 1 aromatic heterocycles. The summed E-state index contributed by atoms with van der Waals surface area (Å²) in [5, 5.41) is 9.34. The van der Waals surface area contributed by atoms with Gasteiger partial charge < -0.3 is 24.5 Å². The number of nitrogens with two attached hydrogens (primary N) is 1. The SMILES string of the molecule is COC(=O)c1c(N)c(C#N)cn1-c1cc(OC)c(S(=O)(=O)Nc2ccccc2)cc1OC. The first-order valence-corrected chi connectivity index (χ1v) is 10.6. The van der Waals surface area contributed by atoms with Gasteiger partial charge in [0.15, 0.2) is 5.69 Å². The smallest absolute Gasteiger partial charge is 0.357 e. The molecule has 0 amide bonds. The predicted molar refractivity (Wildman–Crippen MR) is 117 cm³/mol. The van der Waals surface area contributed by atoms with Gasteiger partial charge in [0.2, 0.25) is 0 Å². The van der Waals surface area contributed by atoms with Crippen LogP contribution in [0.2, 0.25) is 0 Å². The predicted octanol–water partition coefficient (Wildman–Crippen LogP) is 2.54. The van der Waals surface area contributed by atoms with Crippen molar-refractivity contribution < 1.29 is 27.4 Å². The van der Waals surface area contributed by atoms with Gasteiger partial charge in [0.25, 0.3) is 10.0 Å². The second-order valence-corrected chi connectivity index (χ2v) is 8.08. The summed E-state index contributed by atoms with van der Waals surface area (Å²) in [5.41, 5.74) is 6.38. The van der Waals surface area contributed by atoms with Gasteiger partial charge in [-0.25, -0.2) is 13.2 Å². The van der Waals surface area contributed by atoms with Crippen molar-refractivity contribution >= 4 is 27.4 Å². The van der Waals surface area contributed by atoms with Crippen molar-refractivity contribution in [1.29, 1.82) is 5.26 Å². The van der Waals surface area contributed by atoms with Crippen molar-refractivity contribution in [3.05, 3.63) is 59.9 Å². The number of methoxy groups -OCH3 is 3. The van der Waals surface area contributed by atoms with Gasteiger partial charge in [0, 0.05) is 24.0 Å². The number of nitrogens with zero attached hydrogens (tertiary/aromatic N) is 2. The molecule has 3 N–H and O–H groups in total. The summed E-state index contributed by atoms with van der Waals surface area (Å²) in [4.78, 5) is 12.1. The lowest BCUT2D eigenvalue weighted by Crippen LogP contribution is -2.16. The summed E-state index contributed by atoms with van der Waals surface area (Å²) >= 11 is 0. The molecule has 0 aliphatic heterocycles. The van der Waals surface area contributed by atoms with Crippen molar-refractivity contribution in [2.45, 2.75) is 4.90 Å². The van der Waals surface area contributed by atoms with E-state index in [1.807, 2.05) is 6.07 Å². The number of carbonyl (C=O) groups excluding carboxylic acids is 1. The van der Waals surface area contributed by atoms with Crippen LogP contribution in [0.15, 0.2) is 53.6 Å². The number of benzene rings is 2. The van der Waals surface area contributed by atoms with E-state index < -0.39 is 16.0 Å². The van der Waals surface area contributed by atoms with Crippen molar-refractivity contribution in [2.24, 2.45) is 0 Å². The second-order valence-electron chi connectivity index (χ2n) is 6.42. The molecule has 0 saturated carbocycles. The van der Waals surface area contributed by atoms with Crippen LogP contribution in [-0.4, -0.2) is 40.3 Å². The fraction of sp³-hybridized carbons (Fsp3) is 0.143. The molecule has 32 heavy (non-hydrogen) atoms. The third-order valence-electron chi connectivity index (χ3n) is 4.58.